The second-order valence-corrected chi connectivity index (χ2v) is 6.75. The van der Waals surface area contributed by atoms with Crippen LogP contribution in [0.5, 0.6) is 11.6 Å². The molecule has 0 radical (unpaired) electrons. The molecule has 0 aliphatic heterocycles. The van der Waals surface area contributed by atoms with Crippen LogP contribution >= 0.6 is 11.3 Å². The van der Waals surface area contributed by atoms with Gasteiger partial charge < -0.3 is 14.6 Å². The SMILES string of the molecule is O=C(/C=C/c1cccs1)Nc1ccc(Oc2cc(-n3cccc3)ncn2)cc1. The molecule has 3 aromatic heterocycles. The second kappa shape index (κ2) is 8.32. The van der Waals surface area contributed by atoms with Crippen molar-refractivity contribution in [2.45, 2.75) is 0 Å². The predicted molar refractivity (Wildman–Crippen MR) is 110 cm³/mol. The van der Waals surface area contributed by atoms with E-state index in [2.05, 4.69) is 15.3 Å². The summed E-state index contributed by atoms with van der Waals surface area (Å²) in [5.41, 5.74) is 0.684. The molecule has 0 spiro atoms. The molecule has 0 aliphatic carbocycles. The molecule has 0 saturated carbocycles. The van der Waals surface area contributed by atoms with Crippen LogP contribution in [0.4, 0.5) is 5.69 Å². The van der Waals surface area contributed by atoms with Crippen molar-refractivity contribution in [2.75, 3.05) is 5.32 Å². The number of anilines is 1. The highest BCUT2D eigenvalue weighted by molar-refractivity contribution is 7.10. The van der Waals surface area contributed by atoms with Crippen LogP contribution in [0, 0.1) is 0 Å². The lowest BCUT2D eigenvalue weighted by atomic mass is 10.3. The first-order chi connectivity index (χ1) is 13.8. The third-order valence-electron chi connectivity index (χ3n) is 3.78. The van der Waals surface area contributed by atoms with Gasteiger partial charge in [-0.1, -0.05) is 6.07 Å². The van der Waals surface area contributed by atoms with Crippen molar-refractivity contribution in [3.63, 3.8) is 0 Å². The molecule has 0 aliphatic rings. The van der Waals surface area contributed by atoms with Crippen LogP contribution in [0.2, 0.25) is 0 Å². The Morgan fingerprint density at radius 3 is 2.64 bits per heavy atom. The van der Waals surface area contributed by atoms with Crippen LogP contribution in [0.15, 0.2) is 84.8 Å². The Bertz CT molecular complexity index is 1070. The molecule has 0 fully saturated rings. The minimum absolute atomic E-state index is 0.186. The molecule has 1 amide bonds. The fourth-order valence-corrected chi connectivity index (χ4v) is 3.09. The van der Waals surface area contributed by atoms with Gasteiger partial charge in [0.25, 0.3) is 0 Å². The van der Waals surface area contributed by atoms with Crippen molar-refractivity contribution in [2.24, 2.45) is 0 Å². The van der Waals surface area contributed by atoms with E-state index in [1.54, 1.807) is 47.7 Å². The largest absolute Gasteiger partial charge is 0.439 e. The van der Waals surface area contributed by atoms with E-state index in [4.69, 9.17) is 4.74 Å². The molecule has 4 rings (SSSR count). The molecule has 7 heteroatoms. The van der Waals surface area contributed by atoms with Crippen LogP contribution < -0.4 is 10.1 Å². The normalized spacial score (nSPS) is 10.9. The van der Waals surface area contributed by atoms with Gasteiger partial charge in [-0.15, -0.1) is 11.3 Å². The summed E-state index contributed by atoms with van der Waals surface area (Å²) in [7, 11) is 0. The molecular weight excluding hydrogens is 372 g/mol. The van der Waals surface area contributed by atoms with E-state index < -0.39 is 0 Å². The number of ether oxygens (including phenoxy) is 1. The first-order valence-electron chi connectivity index (χ1n) is 8.52. The first kappa shape index (κ1) is 17.7. The number of aromatic nitrogens is 3. The number of nitrogens with one attached hydrogen (secondary N) is 1. The lowest BCUT2D eigenvalue weighted by molar-refractivity contribution is -0.111. The zero-order valence-electron chi connectivity index (χ0n) is 14.7. The number of hydrogen-bond donors (Lipinski definition) is 1. The molecule has 1 aromatic carbocycles. The molecule has 1 N–H and O–H groups in total. The van der Waals surface area contributed by atoms with Gasteiger partial charge in [0.15, 0.2) is 0 Å². The van der Waals surface area contributed by atoms with E-state index in [1.165, 1.54) is 12.4 Å². The topological polar surface area (TPSA) is 69.0 Å². The summed E-state index contributed by atoms with van der Waals surface area (Å²) in [6, 6.07) is 16.6. The van der Waals surface area contributed by atoms with Crippen LogP contribution in [0.25, 0.3) is 11.9 Å². The van der Waals surface area contributed by atoms with Gasteiger partial charge in [-0.25, -0.2) is 9.97 Å². The number of thiophene rings is 1. The first-order valence-corrected chi connectivity index (χ1v) is 9.40. The molecule has 138 valence electrons. The van der Waals surface area contributed by atoms with Gasteiger partial charge in [-0.05, 0) is 53.9 Å². The standard InChI is InChI=1S/C21H16N4O2S/c26-20(10-9-18-4-3-13-28-18)24-16-5-7-17(8-6-16)27-21-14-19(22-15-23-21)25-11-1-2-12-25/h1-15H,(H,24,26)/b10-9+. The van der Waals surface area contributed by atoms with Gasteiger partial charge in [0, 0.05) is 35.1 Å². The molecular formula is C21H16N4O2S. The van der Waals surface area contributed by atoms with Crippen molar-refractivity contribution in [3.05, 3.63) is 89.7 Å². The fraction of sp³-hybridized carbons (Fsp3) is 0. The van der Waals surface area contributed by atoms with Crippen LogP contribution in [-0.2, 0) is 4.79 Å². The van der Waals surface area contributed by atoms with E-state index in [-0.39, 0.29) is 5.91 Å². The Hall–Kier alpha value is -3.71. The Morgan fingerprint density at radius 2 is 1.89 bits per heavy atom. The summed E-state index contributed by atoms with van der Waals surface area (Å²) in [5, 5.41) is 4.79. The predicted octanol–water partition coefficient (Wildman–Crippen LogP) is 4.77. The van der Waals surface area contributed by atoms with Crippen molar-refractivity contribution >= 4 is 29.0 Å². The molecule has 0 bridgehead atoms. The second-order valence-electron chi connectivity index (χ2n) is 5.77. The average Bonchev–Trinajstić information content (AvgIpc) is 3.42. The van der Waals surface area contributed by atoms with Gasteiger partial charge in [-0.3, -0.25) is 4.79 Å². The number of carbonyl (C=O) groups is 1. The molecule has 28 heavy (non-hydrogen) atoms. The van der Waals surface area contributed by atoms with E-state index in [9.17, 15) is 4.79 Å². The molecule has 3 heterocycles. The monoisotopic (exact) mass is 388 g/mol. The minimum Gasteiger partial charge on any atom is -0.439 e. The summed E-state index contributed by atoms with van der Waals surface area (Å²) in [4.78, 5) is 21.4. The lowest BCUT2D eigenvalue weighted by Crippen LogP contribution is -2.07. The van der Waals surface area contributed by atoms with Gasteiger partial charge in [-0.2, -0.15) is 0 Å². The van der Waals surface area contributed by atoms with Crippen LogP contribution in [-0.4, -0.2) is 20.4 Å². The maximum absolute atomic E-state index is 12.0. The number of amides is 1. The molecule has 6 nitrogen and oxygen atoms in total. The van der Waals surface area contributed by atoms with Crippen LogP contribution in [0.1, 0.15) is 4.88 Å². The third-order valence-corrected chi connectivity index (χ3v) is 4.62. The fourth-order valence-electron chi connectivity index (χ4n) is 2.47. The number of nitrogens with zero attached hydrogens (tertiary/aromatic N) is 3. The summed E-state index contributed by atoms with van der Waals surface area (Å²) in [5.74, 6) is 1.59. The van der Waals surface area contributed by atoms with Crippen molar-refractivity contribution < 1.29 is 9.53 Å². The summed E-state index contributed by atoms with van der Waals surface area (Å²) in [6.07, 6.45) is 8.56. The van der Waals surface area contributed by atoms with Gasteiger partial charge in [0.1, 0.15) is 17.9 Å². The molecule has 4 aromatic rings. The highest BCUT2D eigenvalue weighted by Crippen LogP contribution is 2.22. The summed E-state index contributed by atoms with van der Waals surface area (Å²) in [6.45, 7) is 0. The third kappa shape index (κ3) is 4.52. The van der Waals surface area contributed by atoms with E-state index in [0.717, 1.165) is 10.7 Å². The zero-order valence-corrected chi connectivity index (χ0v) is 15.5. The Labute approximate surface area is 165 Å². The van der Waals surface area contributed by atoms with E-state index in [1.807, 2.05) is 46.6 Å². The van der Waals surface area contributed by atoms with Gasteiger partial charge in [0.05, 0.1) is 0 Å². The Morgan fingerprint density at radius 1 is 1.07 bits per heavy atom. The minimum atomic E-state index is -0.186. The van der Waals surface area contributed by atoms with Gasteiger partial charge in [0.2, 0.25) is 11.8 Å². The van der Waals surface area contributed by atoms with E-state index in [0.29, 0.717) is 17.3 Å². The average molecular weight is 388 g/mol. The van der Waals surface area contributed by atoms with Crippen molar-refractivity contribution in [1.29, 1.82) is 0 Å². The quantitative estimate of drug-likeness (QED) is 0.483. The highest BCUT2D eigenvalue weighted by atomic mass is 32.1. The smallest absolute Gasteiger partial charge is 0.248 e. The maximum atomic E-state index is 12.0. The number of benzene rings is 1. The Kier molecular flexibility index (Phi) is 5.26. The van der Waals surface area contributed by atoms with Gasteiger partial charge >= 0.3 is 0 Å². The molecule has 0 atom stereocenters. The van der Waals surface area contributed by atoms with Crippen molar-refractivity contribution in [3.8, 4) is 17.4 Å². The Balaban J connectivity index is 1.38. The molecule has 0 unspecified atom stereocenters. The number of hydrogen-bond acceptors (Lipinski definition) is 5. The van der Waals surface area contributed by atoms with Crippen molar-refractivity contribution in [1.82, 2.24) is 14.5 Å². The summed E-state index contributed by atoms with van der Waals surface area (Å²) < 4.78 is 7.66. The number of rotatable bonds is 6. The highest BCUT2D eigenvalue weighted by Gasteiger charge is 2.04. The van der Waals surface area contributed by atoms with Crippen LogP contribution in [0.3, 0.4) is 0 Å². The zero-order chi connectivity index (χ0) is 19.2. The molecule has 0 saturated heterocycles. The maximum Gasteiger partial charge on any atom is 0.248 e. The lowest BCUT2D eigenvalue weighted by Gasteiger charge is -2.08. The summed E-state index contributed by atoms with van der Waals surface area (Å²) >= 11 is 1.58. The van der Waals surface area contributed by atoms with E-state index >= 15 is 0 Å². The number of carbonyl (C=O) groups excluding carboxylic acids is 1.